The van der Waals surface area contributed by atoms with E-state index in [-0.39, 0.29) is 42.0 Å². The zero-order valence-electron chi connectivity index (χ0n) is 16.0. The fraction of sp³-hybridized carbons (Fsp3) is 0.875. The fourth-order valence-electron chi connectivity index (χ4n) is 2.26. The molecule has 0 radical (unpaired) electrons. The van der Waals surface area contributed by atoms with E-state index in [0.717, 1.165) is 13.1 Å². The lowest BCUT2D eigenvalue weighted by molar-refractivity contribution is -0.121. The Kier molecular flexibility index (Phi) is 12.8. The predicted molar refractivity (Wildman–Crippen MR) is 110 cm³/mol. The second-order valence-electron chi connectivity index (χ2n) is 7.08. The highest BCUT2D eigenvalue weighted by Crippen LogP contribution is 2.03. The highest BCUT2D eigenvalue weighted by atomic mass is 127. The predicted octanol–water partition coefficient (Wildman–Crippen LogP) is 1.80. The molecule has 0 saturated carbocycles. The first kappa shape index (κ1) is 24.7. The molecule has 3 N–H and O–H groups in total. The van der Waals surface area contributed by atoms with Gasteiger partial charge in [-0.25, -0.2) is 0 Å². The summed E-state index contributed by atoms with van der Waals surface area (Å²) in [6.45, 7) is 16.6. The van der Waals surface area contributed by atoms with Crippen LogP contribution < -0.4 is 16.0 Å². The molecular weight excluding hydrogens is 405 g/mol. The number of nitrogens with zero attached hydrogens (tertiary/aromatic N) is 2. The molecule has 138 valence electrons. The van der Waals surface area contributed by atoms with Crippen molar-refractivity contribution < 1.29 is 4.79 Å². The van der Waals surface area contributed by atoms with Crippen molar-refractivity contribution in [2.75, 3.05) is 26.7 Å². The fourth-order valence-corrected chi connectivity index (χ4v) is 2.26. The quantitative estimate of drug-likeness (QED) is 0.320. The van der Waals surface area contributed by atoms with Crippen LogP contribution in [0.15, 0.2) is 4.99 Å². The van der Waals surface area contributed by atoms with Crippen LogP contribution in [0.25, 0.3) is 0 Å². The molecule has 0 bridgehead atoms. The van der Waals surface area contributed by atoms with Crippen LogP contribution in [0.5, 0.6) is 0 Å². The third-order valence-corrected chi connectivity index (χ3v) is 3.14. The van der Waals surface area contributed by atoms with E-state index < -0.39 is 0 Å². The molecule has 0 aromatic heterocycles. The average molecular weight is 441 g/mol. The van der Waals surface area contributed by atoms with Gasteiger partial charge in [-0.15, -0.1) is 24.0 Å². The summed E-state index contributed by atoms with van der Waals surface area (Å²) in [6, 6.07) is 1.02. The standard InChI is InChI=1S/C16H35N5O.HI/c1-12(2)21(13(3)4)10-9-18-15(17-8)19-11-14(22)20-16(5,6)7;/h12-13H,9-11H2,1-8H3,(H,20,22)(H2,17,18,19);1H. The van der Waals surface area contributed by atoms with Crippen LogP contribution in [0.1, 0.15) is 48.5 Å². The molecule has 0 rings (SSSR count). The van der Waals surface area contributed by atoms with E-state index in [0.29, 0.717) is 18.0 Å². The molecule has 0 fully saturated rings. The molecule has 0 aromatic carbocycles. The number of carbonyl (C=O) groups excluding carboxylic acids is 1. The van der Waals surface area contributed by atoms with Crippen molar-refractivity contribution in [3.05, 3.63) is 0 Å². The zero-order chi connectivity index (χ0) is 17.3. The number of hydrogen-bond donors (Lipinski definition) is 3. The molecule has 0 aliphatic heterocycles. The third-order valence-electron chi connectivity index (χ3n) is 3.14. The SMILES string of the molecule is CN=C(NCCN(C(C)C)C(C)C)NCC(=O)NC(C)(C)C.I. The van der Waals surface area contributed by atoms with E-state index in [1.54, 1.807) is 7.05 Å². The van der Waals surface area contributed by atoms with Gasteiger partial charge in [0.25, 0.3) is 0 Å². The van der Waals surface area contributed by atoms with Gasteiger partial charge in [0.05, 0.1) is 6.54 Å². The number of guanidine groups is 1. The lowest BCUT2D eigenvalue weighted by atomic mass is 10.1. The van der Waals surface area contributed by atoms with Crippen molar-refractivity contribution in [1.29, 1.82) is 0 Å². The molecule has 0 aliphatic rings. The molecule has 23 heavy (non-hydrogen) atoms. The molecule has 0 aromatic rings. The highest BCUT2D eigenvalue weighted by Gasteiger charge is 2.14. The number of hydrogen-bond acceptors (Lipinski definition) is 3. The second-order valence-corrected chi connectivity index (χ2v) is 7.08. The van der Waals surface area contributed by atoms with E-state index in [1.165, 1.54) is 0 Å². The Morgan fingerprint density at radius 1 is 1.09 bits per heavy atom. The van der Waals surface area contributed by atoms with Gasteiger partial charge in [0, 0.05) is 37.8 Å². The number of amides is 1. The van der Waals surface area contributed by atoms with E-state index in [9.17, 15) is 4.79 Å². The second kappa shape index (κ2) is 11.9. The van der Waals surface area contributed by atoms with Crippen LogP contribution in [0.3, 0.4) is 0 Å². The Morgan fingerprint density at radius 2 is 1.61 bits per heavy atom. The number of carbonyl (C=O) groups is 1. The number of rotatable bonds is 7. The van der Waals surface area contributed by atoms with Crippen molar-refractivity contribution in [2.24, 2.45) is 4.99 Å². The van der Waals surface area contributed by atoms with Gasteiger partial charge in [-0.05, 0) is 48.5 Å². The average Bonchev–Trinajstić information content (AvgIpc) is 2.34. The normalized spacial score (nSPS) is 12.4. The summed E-state index contributed by atoms with van der Waals surface area (Å²) >= 11 is 0. The molecular formula is C16H36IN5O. The smallest absolute Gasteiger partial charge is 0.239 e. The van der Waals surface area contributed by atoms with Gasteiger partial charge in [-0.1, -0.05) is 0 Å². The molecule has 0 unspecified atom stereocenters. The van der Waals surface area contributed by atoms with Crippen LogP contribution in [0, 0.1) is 0 Å². The molecule has 6 nitrogen and oxygen atoms in total. The minimum atomic E-state index is -0.218. The Hall–Kier alpha value is -0.570. The summed E-state index contributed by atoms with van der Waals surface area (Å²) in [5, 5.41) is 9.19. The molecule has 7 heteroatoms. The largest absolute Gasteiger partial charge is 0.355 e. The lowest BCUT2D eigenvalue weighted by Gasteiger charge is -2.30. The Morgan fingerprint density at radius 3 is 2.00 bits per heavy atom. The lowest BCUT2D eigenvalue weighted by Crippen LogP contribution is -2.49. The summed E-state index contributed by atoms with van der Waals surface area (Å²) < 4.78 is 0. The van der Waals surface area contributed by atoms with Crippen molar-refractivity contribution in [1.82, 2.24) is 20.9 Å². The molecule has 0 atom stereocenters. The van der Waals surface area contributed by atoms with Gasteiger partial charge >= 0.3 is 0 Å². The first-order valence-corrected chi connectivity index (χ1v) is 8.08. The summed E-state index contributed by atoms with van der Waals surface area (Å²) in [7, 11) is 1.71. The van der Waals surface area contributed by atoms with Crippen LogP contribution >= 0.6 is 24.0 Å². The zero-order valence-corrected chi connectivity index (χ0v) is 18.3. The van der Waals surface area contributed by atoms with Crippen molar-refractivity contribution in [2.45, 2.75) is 66.1 Å². The van der Waals surface area contributed by atoms with Gasteiger partial charge in [-0.3, -0.25) is 14.7 Å². The van der Waals surface area contributed by atoms with Gasteiger partial charge < -0.3 is 16.0 Å². The maximum atomic E-state index is 11.8. The first-order valence-electron chi connectivity index (χ1n) is 8.08. The molecule has 0 aliphatic carbocycles. The molecule has 0 saturated heterocycles. The van der Waals surface area contributed by atoms with Crippen molar-refractivity contribution in [3.63, 3.8) is 0 Å². The highest BCUT2D eigenvalue weighted by molar-refractivity contribution is 14.0. The molecule has 1 amide bonds. The minimum Gasteiger partial charge on any atom is -0.355 e. The van der Waals surface area contributed by atoms with E-state index >= 15 is 0 Å². The van der Waals surface area contributed by atoms with Crippen LogP contribution in [-0.4, -0.2) is 61.1 Å². The summed E-state index contributed by atoms with van der Waals surface area (Å²) in [6.07, 6.45) is 0. The molecule has 0 heterocycles. The Bertz CT molecular complexity index is 356. The minimum absolute atomic E-state index is 0. The van der Waals surface area contributed by atoms with E-state index in [1.807, 2.05) is 20.8 Å². The topological polar surface area (TPSA) is 68.8 Å². The third kappa shape index (κ3) is 12.5. The Labute approximate surface area is 159 Å². The van der Waals surface area contributed by atoms with Gasteiger partial charge in [0.1, 0.15) is 0 Å². The summed E-state index contributed by atoms with van der Waals surface area (Å²) in [5.74, 6) is 0.609. The summed E-state index contributed by atoms with van der Waals surface area (Å²) in [4.78, 5) is 18.3. The van der Waals surface area contributed by atoms with Crippen LogP contribution in [0.2, 0.25) is 0 Å². The van der Waals surface area contributed by atoms with Crippen LogP contribution in [0.4, 0.5) is 0 Å². The molecule has 0 spiro atoms. The number of aliphatic imine (C=N–C) groups is 1. The van der Waals surface area contributed by atoms with Crippen molar-refractivity contribution >= 4 is 35.8 Å². The monoisotopic (exact) mass is 441 g/mol. The van der Waals surface area contributed by atoms with Gasteiger partial charge in [0.2, 0.25) is 5.91 Å². The Balaban J connectivity index is 0. The van der Waals surface area contributed by atoms with E-state index in [2.05, 4.69) is 53.5 Å². The number of nitrogens with one attached hydrogen (secondary N) is 3. The van der Waals surface area contributed by atoms with Gasteiger partial charge in [-0.2, -0.15) is 0 Å². The first-order chi connectivity index (χ1) is 10.1. The van der Waals surface area contributed by atoms with Gasteiger partial charge in [0.15, 0.2) is 5.96 Å². The summed E-state index contributed by atoms with van der Waals surface area (Å²) in [5.41, 5.74) is -0.218. The van der Waals surface area contributed by atoms with Crippen molar-refractivity contribution in [3.8, 4) is 0 Å². The maximum Gasteiger partial charge on any atom is 0.239 e. The number of halogens is 1. The van der Waals surface area contributed by atoms with E-state index in [4.69, 9.17) is 0 Å². The van der Waals surface area contributed by atoms with Crippen LogP contribution in [-0.2, 0) is 4.79 Å². The maximum absolute atomic E-state index is 11.8.